The molecule has 0 bridgehead atoms. The van der Waals surface area contributed by atoms with Gasteiger partial charge in [-0.2, -0.15) is 0 Å². The Morgan fingerprint density at radius 3 is 2.72 bits per heavy atom. The molecule has 3 N–H and O–H groups in total. The van der Waals surface area contributed by atoms with Gasteiger partial charge < -0.3 is 24.4 Å². The third-order valence-corrected chi connectivity index (χ3v) is 4.76. The lowest BCUT2D eigenvalue weighted by Gasteiger charge is -2.16. The zero-order chi connectivity index (χ0) is 18.2. The molecule has 0 amide bonds. The van der Waals surface area contributed by atoms with Gasteiger partial charge in [0.1, 0.15) is 11.5 Å². The molecule has 0 heterocycles. The van der Waals surface area contributed by atoms with Gasteiger partial charge in [0.05, 0.1) is 6.61 Å². The number of ether oxygens (including phenoxy) is 1. The summed E-state index contributed by atoms with van der Waals surface area (Å²) in [5.74, 6) is 1.34. The summed E-state index contributed by atoms with van der Waals surface area (Å²) in [4.78, 5) is 1.19. The Morgan fingerprint density at radius 1 is 1.28 bits per heavy atom. The maximum absolute atomic E-state index is 10.8. The highest BCUT2D eigenvalue weighted by Gasteiger charge is 2.08. The van der Waals surface area contributed by atoms with Crippen LogP contribution in [0, 0.1) is 6.92 Å². The van der Waals surface area contributed by atoms with Gasteiger partial charge in [-0.05, 0) is 55.1 Å². The van der Waals surface area contributed by atoms with Crippen molar-refractivity contribution in [2.45, 2.75) is 18.4 Å². The average Bonchev–Trinajstić information content (AvgIpc) is 2.57. The molecule has 25 heavy (non-hydrogen) atoms. The number of thioether (sulfide) groups is 1. The van der Waals surface area contributed by atoms with Gasteiger partial charge >= 0.3 is 0 Å². The predicted molar refractivity (Wildman–Crippen MR) is 101 cm³/mol. The van der Waals surface area contributed by atoms with Crippen LogP contribution in [-0.2, 0) is 17.8 Å². The van der Waals surface area contributed by atoms with E-state index in [4.69, 9.17) is 9.84 Å². The first kappa shape index (κ1) is 19.7. The van der Waals surface area contributed by atoms with Crippen molar-refractivity contribution in [2.75, 3.05) is 24.1 Å². The van der Waals surface area contributed by atoms with E-state index in [1.165, 1.54) is 4.90 Å². The van der Waals surface area contributed by atoms with E-state index in [-0.39, 0.29) is 6.61 Å². The van der Waals surface area contributed by atoms with Crippen LogP contribution in [-0.4, -0.2) is 33.3 Å². The molecule has 0 radical (unpaired) electrons. The van der Waals surface area contributed by atoms with Crippen LogP contribution in [0.25, 0.3) is 0 Å². The highest BCUT2D eigenvalue weighted by Crippen LogP contribution is 2.31. The first-order valence-electron chi connectivity index (χ1n) is 7.66. The van der Waals surface area contributed by atoms with Crippen molar-refractivity contribution >= 4 is 28.7 Å². The first-order valence-corrected chi connectivity index (χ1v) is 9.96. The van der Waals surface area contributed by atoms with Crippen LogP contribution >= 0.6 is 11.8 Å². The number of nitrogens with one attached hydrogen (secondary N) is 2. The lowest BCUT2D eigenvalue weighted by molar-refractivity contribution is 0.291. The number of aliphatic hydroxyl groups is 1. The summed E-state index contributed by atoms with van der Waals surface area (Å²) >= 11 is -0.708. The smallest absolute Gasteiger partial charge is 0.132 e. The third-order valence-electron chi connectivity index (χ3n) is 3.46. The quantitative estimate of drug-likeness (QED) is 0.351. The number of aryl methyl sites for hydroxylation is 1. The van der Waals surface area contributed by atoms with E-state index in [0.29, 0.717) is 30.3 Å². The van der Waals surface area contributed by atoms with Crippen LogP contribution in [0.1, 0.15) is 11.1 Å². The molecule has 8 heteroatoms. The van der Waals surface area contributed by atoms with E-state index in [1.807, 2.05) is 31.4 Å². The normalized spacial score (nSPS) is 12.0. The van der Waals surface area contributed by atoms with Gasteiger partial charge in [0.25, 0.3) is 0 Å². The SMILES string of the molecule is CSc1ccc(Oc2ccc(NS(=O)[O-])cc2CNCCO)cc1C. The maximum atomic E-state index is 10.8. The Bertz CT molecular complexity index is 741. The molecular formula is C17H21N2O4S2-. The van der Waals surface area contributed by atoms with Gasteiger partial charge in [0, 0.05) is 40.5 Å². The molecule has 0 saturated heterocycles. The van der Waals surface area contributed by atoms with E-state index in [2.05, 4.69) is 10.0 Å². The lowest BCUT2D eigenvalue weighted by atomic mass is 10.1. The van der Waals surface area contributed by atoms with Crippen LogP contribution in [0.15, 0.2) is 41.3 Å². The highest BCUT2D eigenvalue weighted by molar-refractivity contribution is 7.98. The van der Waals surface area contributed by atoms with E-state index in [9.17, 15) is 8.76 Å². The molecule has 0 aromatic heterocycles. The fourth-order valence-electron chi connectivity index (χ4n) is 2.32. The molecule has 2 rings (SSSR count). The van der Waals surface area contributed by atoms with Crippen LogP contribution < -0.4 is 14.8 Å². The van der Waals surface area contributed by atoms with Gasteiger partial charge in [0.2, 0.25) is 0 Å². The molecule has 0 spiro atoms. The fraction of sp³-hybridized carbons (Fsp3) is 0.294. The number of anilines is 1. The summed E-state index contributed by atoms with van der Waals surface area (Å²) in [7, 11) is 0. The van der Waals surface area contributed by atoms with Gasteiger partial charge in [-0.15, -0.1) is 11.8 Å². The number of hydrogen-bond donors (Lipinski definition) is 3. The van der Waals surface area contributed by atoms with Crippen molar-refractivity contribution in [2.24, 2.45) is 0 Å². The van der Waals surface area contributed by atoms with Crippen LogP contribution in [0.3, 0.4) is 0 Å². The minimum atomic E-state index is -2.39. The van der Waals surface area contributed by atoms with Gasteiger partial charge in [-0.3, -0.25) is 4.21 Å². The third kappa shape index (κ3) is 6.02. The van der Waals surface area contributed by atoms with Gasteiger partial charge in [0.15, 0.2) is 0 Å². The Kier molecular flexibility index (Phi) is 7.73. The number of rotatable bonds is 9. The largest absolute Gasteiger partial charge is 0.755 e. The second kappa shape index (κ2) is 9.79. The van der Waals surface area contributed by atoms with E-state index in [1.54, 1.807) is 30.0 Å². The first-order chi connectivity index (χ1) is 12.0. The lowest BCUT2D eigenvalue weighted by Crippen LogP contribution is -2.18. The molecule has 1 atom stereocenters. The van der Waals surface area contributed by atoms with Crippen LogP contribution in [0.4, 0.5) is 5.69 Å². The van der Waals surface area contributed by atoms with Crippen molar-refractivity contribution < 1.29 is 18.6 Å². The molecule has 0 saturated carbocycles. The second-order valence-electron chi connectivity index (χ2n) is 5.29. The Morgan fingerprint density at radius 2 is 2.08 bits per heavy atom. The topological polar surface area (TPSA) is 93.7 Å². The second-order valence-corrected chi connectivity index (χ2v) is 6.81. The Balaban J connectivity index is 2.24. The molecule has 136 valence electrons. The Labute approximate surface area is 154 Å². The fourth-order valence-corrected chi connectivity index (χ4v) is 3.22. The molecule has 6 nitrogen and oxygen atoms in total. The monoisotopic (exact) mass is 381 g/mol. The van der Waals surface area contributed by atoms with Gasteiger partial charge in [-0.1, -0.05) is 0 Å². The molecule has 0 fully saturated rings. The number of hydrogen-bond acceptors (Lipinski definition) is 6. The zero-order valence-electron chi connectivity index (χ0n) is 14.1. The predicted octanol–water partition coefficient (Wildman–Crippen LogP) is 2.80. The summed E-state index contributed by atoms with van der Waals surface area (Å²) in [6, 6.07) is 11.0. The molecule has 0 aliphatic heterocycles. The molecule has 0 aliphatic rings. The number of benzene rings is 2. The minimum absolute atomic E-state index is 0.0219. The van der Waals surface area contributed by atoms with E-state index >= 15 is 0 Å². The van der Waals surface area contributed by atoms with Crippen molar-refractivity contribution in [3.05, 3.63) is 47.5 Å². The maximum Gasteiger partial charge on any atom is 0.132 e. The number of aliphatic hydroxyl groups excluding tert-OH is 1. The summed E-state index contributed by atoms with van der Waals surface area (Å²) in [5.41, 5.74) is 2.37. The average molecular weight is 381 g/mol. The minimum Gasteiger partial charge on any atom is -0.755 e. The highest BCUT2D eigenvalue weighted by atomic mass is 32.2. The van der Waals surface area contributed by atoms with E-state index < -0.39 is 11.3 Å². The Hall–Kier alpha value is -1.58. The van der Waals surface area contributed by atoms with Gasteiger partial charge in [-0.25, -0.2) is 0 Å². The molecule has 0 aliphatic carbocycles. The summed E-state index contributed by atoms with van der Waals surface area (Å²) in [6.45, 7) is 2.93. The summed E-state index contributed by atoms with van der Waals surface area (Å²) < 4.78 is 30.0. The zero-order valence-corrected chi connectivity index (χ0v) is 15.7. The van der Waals surface area contributed by atoms with Crippen molar-refractivity contribution in [1.82, 2.24) is 5.32 Å². The molecule has 2 aromatic carbocycles. The van der Waals surface area contributed by atoms with E-state index in [0.717, 1.165) is 11.1 Å². The summed E-state index contributed by atoms with van der Waals surface area (Å²) in [6.07, 6.45) is 2.03. The van der Waals surface area contributed by atoms with Crippen LogP contribution in [0.5, 0.6) is 11.5 Å². The molecular weight excluding hydrogens is 360 g/mol. The van der Waals surface area contributed by atoms with Crippen molar-refractivity contribution in [3.8, 4) is 11.5 Å². The van der Waals surface area contributed by atoms with Crippen molar-refractivity contribution in [1.29, 1.82) is 0 Å². The standard InChI is InChI=1S/C17H22N2O4S2/c1-12-9-15(4-6-17(12)24-2)23-16-5-3-14(19-25(21)22)10-13(16)11-18-7-8-20/h3-6,9-10,18-20H,7-8,11H2,1-2H3,(H,21,22)/p-1. The van der Waals surface area contributed by atoms with Crippen molar-refractivity contribution in [3.63, 3.8) is 0 Å². The molecule has 1 unspecified atom stereocenters. The van der Waals surface area contributed by atoms with Crippen LogP contribution in [0.2, 0.25) is 0 Å². The molecule has 2 aromatic rings. The summed E-state index contributed by atoms with van der Waals surface area (Å²) in [5, 5.41) is 12.0.